The summed E-state index contributed by atoms with van der Waals surface area (Å²) in [6, 6.07) is 9.52. The Morgan fingerprint density at radius 2 is 1.97 bits per heavy atom. The molecule has 6 rings (SSSR count). The van der Waals surface area contributed by atoms with Crippen molar-refractivity contribution in [2.24, 2.45) is 0 Å². The number of fused-ring (bicyclic) bond motifs is 2. The Hall–Kier alpha value is -2.83. The van der Waals surface area contributed by atoms with Gasteiger partial charge in [0.25, 0.3) is 0 Å². The third kappa shape index (κ3) is 3.11. The lowest BCUT2D eigenvalue weighted by molar-refractivity contribution is -0.103. The number of rotatable bonds is 2. The third-order valence-electron chi connectivity index (χ3n) is 6.58. The Morgan fingerprint density at radius 3 is 2.82 bits per heavy atom. The average Bonchev–Trinajstić information content (AvgIpc) is 3.48. The molecule has 0 saturated carbocycles. The van der Waals surface area contributed by atoms with Crippen LogP contribution in [0, 0.1) is 0 Å². The summed E-state index contributed by atoms with van der Waals surface area (Å²) in [5.74, 6) is 0.746. The number of nitrogen functional groups attached to an aromatic ring is 2. The first-order valence-electron chi connectivity index (χ1n) is 10.4. The molecule has 6 N–H and O–H groups in total. The molecule has 4 aromatic rings. The summed E-state index contributed by atoms with van der Waals surface area (Å²) in [5, 5.41) is 23.5. The van der Waals surface area contributed by atoms with Crippen molar-refractivity contribution in [3.63, 3.8) is 0 Å². The second-order valence-electron chi connectivity index (χ2n) is 8.54. The molecule has 170 valence electrons. The standard InChI is InChI=1S/C22H21BrN6O4/c23-13-5-10-1-2-11(6-14(10)28-19(13)25)15-7-22(8-32-15)17(31)16(30)21(33-22)29-4-3-12-18(24)26-9-27-20(12)29/h1-6,9,15-17,21,30-31H,7-8H2,(H2,25,28)(H2,24,26,27). The Bertz CT molecular complexity index is 1400. The molecule has 0 aliphatic carbocycles. The Labute approximate surface area is 196 Å². The first kappa shape index (κ1) is 20.8. The second-order valence-corrected chi connectivity index (χ2v) is 9.39. The fourth-order valence-electron chi connectivity index (χ4n) is 4.81. The van der Waals surface area contributed by atoms with Crippen LogP contribution in [0.2, 0.25) is 0 Å². The van der Waals surface area contributed by atoms with Crippen LogP contribution in [0.25, 0.3) is 21.9 Å². The lowest BCUT2D eigenvalue weighted by atomic mass is 9.90. The van der Waals surface area contributed by atoms with Crippen molar-refractivity contribution in [2.45, 2.75) is 36.6 Å². The molecule has 2 saturated heterocycles. The van der Waals surface area contributed by atoms with Crippen LogP contribution in [0.15, 0.2) is 47.3 Å². The van der Waals surface area contributed by atoms with Crippen molar-refractivity contribution in [2.75, 3.05) is 18.1 Å². The summed E-state index contributed by atoms with van der Waals surface area (Å²) in [4.78, 5) is 12.7. The fourth-order valence-corrected chi connectivity index (χ4v) is 5.15. The first-order chi connectivity index (χ1) is 15.9. The summed E-state index contributed by atoms with van der Waals surface area (Å²) < 4.78 is 14.8. The van der Waals surface area contributed by atoms with E-state index in [2.05, 4.69) is 30.9 Å². The SMILES string of the molecule is Nc1nc2cc(C3CC4(CO3)OC(n3ccc5c(N)ncnc53)C(O)C4O)ccc2cc1Br. The van der Waals surface area contributed by atoms with E-state index in [0.717, 1.165) is 20.9 Å². The molecule has 3 aromatic heterocycles. The van der Waals surface area contributed by atoms with Gasteiger partial charge >= 0.3 is 0 Å². The van der Waals surface area contributed by atoms with Crippen LogP contribution in [0.3, 0.4) is 0 Å². The molecule has 2 aliphatic heterocycles. The van der Waals surface area contributed by atoms with Gasteiger partial charge in [-0.2, -0.15) is 0 Å². The largest absolute Gasteiger partial charge is 0.387 e. The van der Waals surface area contributed by atoms with Gasteiger partial charge in [-0.25, -0.2) is 15.0 Å². The van der Waals surface area contributed by atoms with Crippen LogP contribution in [-0.4, -0.2) is 54.1 Å². The molecular formula is C22H21BrN6O4. The molecule has 1 spiro atoms. The normalized spacial score (nSPS) is 29.5. The number of aliphatic hydroxyl groups excluding tert-OH is 2. The van der Waals surface area contributed by atoms with Gasteiger partial charge in [0.15, 0.2) is 6.23 Å². The molecule has 5 atom stereocenters. The highest BCUT2D eigenvalue weighted by molar-refractivity contribution is 9.10. The van der Waals surface area contributed by atoms with Crippen LogP contribution in [0.5, 0.6) is 0 Å². The number of ether oxygens (including phenoxy) is 2. The highest BCUT2D eigenvalue weighted by Gasteiger charge is 2.59. The average molecular weight is 513 g/mol. The zero-order valence-electron chi connectivity index (χ0n) is 17.3. The maximum absolute atomic E-state index is 11.0. The number of nitrogens with two attached hydrogens (primary N) is 2. The van der Waals surface area contributed by atoms with Crippen molar-refractivity contribution in [3.8, 4) is 0 Å². The van der Waals surface area contributed by atoms with E-state index in [4.69, 9.17) is 20.9 Å². The number of pyridine rings is 1. The number of nitrogens with zero attached hydrogens (tertiary/aromatic N) is 4. The van der Waals surface area contributed by atoms with E-state index < -0.39 is 24.0 Å². The molecule has 5 heterocycles. The minimum Gasteiger partial charge on any atom is -0.387 e. The minimum atomic E-state index is -1.17. The molecule has 11 heteroatoms. The molecule has 10 nitrogen and oxygen atoms in total. The number of benzene rings is 1. The summed E-state index contributed by atoms with van der Waals surface area (Å²) >= 11 is 3.40. The summed E-state index contributed by atoms with van der Waals surface area (Å²) in [6.07, 6.45) is -0.0416. The predicted molar refractivity (Wildman–Crippen MR) is 124 cm³/mol. The van der Waals surface area contributed by atoms with E-state index in [9.17, 15) is 10.2 Å². The van der Waals surface area contributed by atoms with E-state index in [1.807, 2.05) is 24.3 Å². The Balaban J connectivity index is 1.30. The Kier molecular flexibility index (Phi) is 4.61. The maximum atomic E-state index is 11.0. The highest BCUT2D eigenvalue weighted by atomic mass is 79.9. The maximum Gasteiger partial charge on any atom is 0.164 e. The number of halogens is 1. The summed E-state index contributed by atoms with van der Waals surface area (Å²) in [7, 11) is 0. The van der Waals surface area contributed by atoms with Gasteiger partial charge in [-0.15, -0.1) is 0 Å². The zero-order valence-corrected chi connectivity index (χ0v) is 18.9. The van der Waals surface area contributed by atoms with E-state index in [1.54, 1.807) is 16.8 Å². The molecule has 5 unspecified atom stereocenters. The number of aromatic nitrogens is 4. The Morgan fingerprint density at radius 1 is 1.12 bits per heavy atom. The lowest BCUT2D eigenvalue weighted by Crippen LogP contribution is -2.43. The molecule has 0 radical (unpaired) electrons. The van der Waals surface area contributed by atoms with E-state index in [-0.39, 0.29) is 12.7 Å². The van der Waals surface area contributed by atoms with Crippen LogP contribution in [0.1, 0.15) is 24.3 Å². The van der Waals surface area contributed by atoms with Crippen molar-refractivity contribution < 1.29 is 19.7 Å². The van der Waals surface area contributed by atoms with Crippen molar-refractivity contribution in [3.05, 3.63) is 52.9 Å². The van der Waals surface area contributed by atoms with Gasteiger partial charge in [-0.3, -0.25) is 0 Å². The monoisotopic (exact) mass is 512 g/mol. The quantitative estimate of drug-likeness (QED) is 0.315. The van der Waals surface area contributed by atoms with Gasteiger partial charge in [0, 0.05) is 18.0 Å². The first-order valence-corrected chi connectivity index (χ1v) is 11.2. The molecular weight excluding hydrogens is 492 g/mol. The van der Waals surface area contributed by atoms with Crippen molar-refractivity contribution in [1.82, 2.24) is 19.5 Å². The van der Waals surface area contributed by atoms with Crippen molar-refractivity contribution >= 4 is 49.5 Å². The van der Waals surface area contributed by atoms with Gasteiger partial charge in [-0.05, 0) is 39.7 Å². The van der Waals surface area contributed by atoms with Crippen molar-refractivity contribution in [1.29, 1.82) is 0 Å². The molecule has 2 fully saturated rings. The summed E-state index contributed by atoms with van der Waals surface area (Å²) in [6.45, 7) is 0.136. The lowest BCUT2D eigenvalue weighted by Gasteiger charge is -2.25. The van der Waals surface area contributed by atoms with E-state index >= 15 is 0 Å². The predicted octanol–water partition coefficient (Wildman–Crippen LogP) is 2.06. The molecule has 2 aliphatic rings. The third-order valence-corrected chi connectivity index (χ3v) is 7.21. The highest BCUT2D eigenvalue weighted by Crippen LogP contribution is 2.48. The number of aliphatic hydroxyl groups is 2. The van der Waals surface area contributed by atoms with Gasteiger partial charge < -0.3 is 35.7 Å². The number of hydrogen-bond acceptors (Lipinski definition) is 9. The summed E-state index contributed by atoms with van der Waals surface area (Å²) in [5.41, 5.74) is 13.0. The van der Waals surface area contributed by atoms with Crippen LogP contribution < -0.4 is 11.5 Å². The number of anilines is 2. The fraction of sp³-hybridized carbons (Fsp3) is 0.318. The van der Waals surface area contributed by atoms with Gasteiger partial charge in [0.05, 0.1) is 28.1 Å². The zero-order chi connectivity index (χ0) is 22.9. The molecule has 33 heavy (non-hydrogen) atoms. The molecule has 1 aromatic carbocycles. The second kappa shape index (κ2) is 7.34. The number of hydrogen-bond donors (Lipinski definition) is 4. The topological polar surface area (TPSA) is 155 Å². The smallest absolute Gasteiger partial charge is 0.164 e. The molecule has 0 amide bonds. The van der Waals surface area contributed by atoms with Gasteiger partial charge in [0.1, 0.15) is 41.4 Å². The van der Waals surface area contributed by atoms with Crippen LogP contribution >= 0.6 is 15.9 Å². The molecule has 0 bridgehead atoms. The minimum absolute atomic E-state index is 0.136. The van der Waals surface area contributed by atoms with Gasteiger partial charge in [-0.1, -0.05) is 12.1 Å². The van der Waals surface area contributed by atoms with E-state index in [0.29, 0.717) is 29.1 Å². The van der Waals surface area contributed by atoms with Gasteiger partial charge in [0.2, 0.25) is 0 Å². The van der Waals surface area contributed by atoms with Crippen LogP contribution in [0.4, 0.5) is 11.6 Å². The van der Waals surface area contributed by atoms with E-state index in [1.165, 1.54) is 6.33 Å². The van der Waals surface area contributed by atoms with Crippen LogP contribution in [-0.2, 0) is 9.47 Å².